The summed E-state index contributed by atoms with van der Waals surface area (Å²) in [5.41, 5.74) is 3.38. The number of hydrogen-bond donors (Lipinski definition) is 0. The first-order chi connectivity index (χ1) is 9.11. The molecule has 0 N–H and O–H groups in total. The normalized spacial score (nSPS) is 11.8. The van der Waals surface area contributed by atoms with Crippen molar-refractivity contribution in [3.63, 3.8) is 0 Å². The summed E-state index contributed by atoms with van der Waals surface area (Å²) >= 11 is 12.6. The van der Waals surface area contributed by atoms with Crippen LogP contribution in [-0.2, 0) is 18.9 Å². The van der Waals surface area contributed by atoms with Gasteiger partial charge >= 0.3 is 0 Å². The van der Waals surface area contributed by atoms with Crippen LogP contribution in [-0.4, -0.2) is 21.5 Å². The van der Waals surface area contributed by atoms with E-state index in [-0.39, 0.29) is 5.41 Å². The van der Waals surface area contributed by atoms with Crippen molar-refractivity contribution in [1.29, 1.82) is 0 Å². The van der Waals surface area contributed by atoms with Crippen LogP contribution in [0.1, 0.15) is 16.7 Å². The maximum atomic E-state index is 6.28. The van der Waals surface area contributed by atoms with Gasteiger partial charge in [-0.15, -0.1) is 23.2 Å². The van der Waals surface area contributed by atoms with Crippen LogP contribution in [0.5, 0.6) is 0 Å². The highest BCUT2D eigenvalue weighted by atomic mass is 35.5. The molecule has 0 radical (unpaired) electrons. The summed E-state index contributed by atoms with van der Waals surface area (Å²) in [5.74, 6) is 0.993. The average Bonchev–Trinajstić information content (AvgIpc) is 2.82. The number of rotatable bonds is 5. The fraction of sp³-hybridized carbons (Fsp3) is 0.400. The van der Waals surface area contributed by atoms with E-state index in [1.165, 1.54) is 11.1 Å². The number of hydrogen-bond acceptors (Lipinski definition) is 1. The molecule has 102 valence electrons. The lowest BCUT2D eigenvalue weighted by Crippen LogP contribution is -2.34. The molecule has 0 aliphatic heterocycles. The van der Waals surface area contributed by atoms with Crippen molar-refractivity contribution in [2.45, 2.75) is 18.8 Å². The molecule has 0 unspecified atom stereocenters. The molecular formula is C15H18Cl2N2. The first-order valence-electron chi connectivity index (χ1n) is 6.27. The van der Waals surface area contributed by atoms with E-state index in [1.807, 2.05) is 31.6 Å². The maximum Gasteiger partial charge on any atom is 0.0521 e. The summed E-state index contributed by atoms with van der Waals surface area (Å²) in [4.78, 5) is 0. The molecule has 0 fully saturated rings. The molecule has 0 bridgehead atoms. The lowest BCUT2D eigenvalue weighted by Gasteiger charge is -2.31. The van der Waals surface area contributed by atoms with Gasteiger partial charge in [0.1, 0.15) is 0 Å². The van der Waals surface area contributed by atoms with Crippen LogP contribution in [0.2, 0.25) is 0 Å². The third-order valence-corrected chi connectivity index (χ3v) is 4.55. The van der Waals surface area contributed by atoms with Gasteiger partial charge in [0, 0.05) is 30.4 Å². The van der Waals surface area contributed by atoms with Crippen molar-refractivity contribution in [3.05, 3.63) is 53.3 Å². The Morgan fingerprint density at radius 1 is 1.21 bits per heavy atom. The smallest absolute Gasteiger partial charge is 0.0521 e. The SMILES string of the molecule is Cc1ccccc1C(CCl)(CCl)Cc1cnn(C)c1. The summed E-state index contributed by atoms with van der Waals surface area (Å²) in [6.07, 6.45) is 4.71. The molecule has 0 saturated carbocycles. The van der Waals surface area contributed by atoms with Crippen molar-refractivity contribution in [1.82, 2.24) is 9.78 Å². The number of benzene rings is 1. The first-order valence-corrected chi connectivity index (χ1v) is 7.34. The monoisotopic (exact) mass is 296 g/mol. The van der Waals surface area contributed by atoms with E-state index in [0.29, 0.717) is 11.8 Å². The summed E-state index contributed by atoms with van der Waals surface area (Å²) in [7, 11) is 1.92. The molecule has 2 nitrogen and oxygen atoms in total. The molecule has 0 saturated heterocycles. The molecule has 4 heteroatoms. The van der Waals surface area contributed by atoms with E-state index in [0.717, 1.165) is 12.0 Å². The highest BCUT2D eigenvalue weighted by molar-refractivity contribution is 6.22. The van der Waals surface area contributed by atoms with Crippen LogP contribution in [0, 0.1) is 6.92 Å². The minimum Gasteiger partial charge on any atom is -0.276 e. The van der Waals surface area contributed by atoms with Crippen molar-refractivity contribution in [2.75, 3.05) is 11.8 Å². The Bertz CT molecular complexity index is 545. The van der Waals surface area contributed by atoms with Crippen LogP contribution < -0.4 is 0 Å². The second-order valence-corrected chi connectivity index (χ2v) is 5.60. The Hall–Kier alpha value is -0.990. The number of aryl methyl sites for hydroxylation is 2. The predicted octanol–water partition coefficient (Wildman–Crippen LogP) is 3.69. The Morgan fingerprint density at radius 2 is 1.89 bits per heavy atom. The number of aromatic nitrogens is 2. The van der Waals surface area contributed by atoms with Crippen LogP contribution in [0.4, 0.5) is 0 Å². The Labute approximate surface area is 124 Å². The van der Waals surface area contributed by atoms with Gasteiger partial charge in [0.2, 0.25) is 0 Å². The highest BCUT2D eigenvalue weighted by Crippen LogP contribution is 2.33. The number of alkyl halides is 2. The van der Waals surface area contributed by atoms with Crippen LogP contribution >= 0.6 is 23.2 Å². The fourth-order valence-corrected chi connectivity index (χ4v) is 3.25. The van der Waals surface area contributed by atoms with Crippen LogP contribution in [0.3, 0.4) is 0 Å². The Morgan fingerprint density at radius 3 is 2.42 bits per heavy atom. The molecule has 0 spiro atoms. The fourth-order valence-electron chi connectivity index (χ4n) is 2.49. The number of halogens is 2. The molecule has 0 aliphatic carbocycles. The van der Waals surface area contributed by atoms with Crippen molar-refractivity contribution < 1.29 is 0 Å². The molecule has 1 aromatic heterocycles. The average molecular weight is 297 g/mol. The quantitative estimate of drug-likeness (QED) is 0.770. The molecule has 2 aromatic rings. The van der Waals surface area contributed by atoms with E-state index >= 15 is 0 Å². The van der Waals surface area contributed by atoms with Crippen LogP contribution in [0.15, 0.2) is 36.7 Å². The van der Waals surface area contributed by atoms with Gasteiger partial charge in [-0.1, -0.05) is 24.3 Å². The summed E-state index contributed by atoms with van der Waals surface area (Å²) < 4.78 is 1.81. The van der Waals surface area contributed by atoms with E-state index in [1.54, 1.807) is 4.68 Å². The molecule has 0 aliphatic rings. The minimum absolute atomic E-state index is 0.239. The molecule has 0 atom stereocenters. The van der Waals surface area contributed by atoms with Gasteiger partial charge in [-0.05, 0) is 30.0 Å². The van der Waals surface area contributed by atoms with Gasteiger partial charge in [-0.25, -0.2) is 0 Å². The topological polar surface area (TPSA) is 17.8 Å². The standard InChI is InChI=1S/C15H18Cl2N2/c1-12-5-3-4-6-14(12)15(10-16,11-17)7-13-8-18-19(2)9-13/h3-6,8-9H,7,10-11H2,1-2H3. The third-order valence-electron chi connectivity index (χ3n) is 3.53. The lowest BCUT2D eigenvalue weighted by atomic mass is 9.77. The second-order valence-electron chi connectivity index (χ2n) is 5.06. The molecule has 0 amide bonds. The first kappa shape index (κ1) is 14.4. The van der Waals surface area contributed by atoms with Crippen molar-refractivity contribution in [2.24, 2.45) is 7.05 Å². The van der Waals surface area contributed by atoms with E-state index in [2.05, 4.69) is 24.2 Å². The molecule has 19 heavy (non-hydrogen) atoms. The predicted molar refractivity (Wildman–Crippen MR) is 81.2 cm³/mol. The second kappa shape index (κ2) is 5.98. The van der Waals surface area contributed by atoms with Gasteiger partial charge < -0.3 is 0 Å². The summed E-state index contributed by atoms with van der Waals surface area (Å²) in [6, 6.07) is 8.30. The largest absolute Gasteiger partial charge is 0.276 e. The van der Waals surface area contributed by atoms with Gasteiger partial charge in [0.15, 0.2) is 0 Å². The van der Waals surface area contributed by atoms with Gasteiger partial charge in [-0.2, -0.15) is 5.10 Å². The lowest BCUT2D eigenvalue weighted by molar-refractivity contribution is 0.533. The Balaban J connectivity index is 2.40. The van der Waals surface area contributed by atoms with Gasteiger partial charge in [0.05, 0.1) is 6.20 Å². The zero-order chi connectivity index (χ0) is 13.9. The van der Waals surface area contributed by atoms with Crippen molar-refractivity contribution >= 4 is 23.2 Å². The summed E-state index contributed by atoms with van der Waals surface area (Å²) in [5, 5.41) is 4.22. The Kier molecular flexibility index (Phi) is 4.54. The number of nitrogens with zero attached hydrogens (tertiary/aromatic N) is 2. The molecule has 2 rings (SSSR count). The van der Waals surface area contributed by atoms with E-state index < -0.39 is 0 Å². The van der Waals surface area contributed by atoms with E-state index in [9.17, 15) is 0 Å². The van der Waals surface area contributed by atoms with Gasteiger partial charge in [-0.3, -0.25) is 4.68 Å². The minimum atomic E-state index is -0.239. The summed E-state index contributed by atoms with van der Waals surface area (Å²) in [6.45, 7) is 2.10. The zero-order valence-electron chi connectivity index (χ0n) is 11.2. The third kappa shape index (κ3) is 2.96. The maximum absolute atomic E-state index is 6.28. The molecule has 1 aromatic carbocycles. The molecular weight excluding hydrogens is 279 g/mol. The zero-order valence-corrected chi connectivity index (χ0v) is 12.7. The van der Waals surface area contributed by atoms with Crippen molar-refractivity contribution in [3.8, 4) is 0 Å². The molecule has 1 heterocycles. The van der Waals surface area contributed by atoms with E-state index in [4.69, 9.17) is 23.2 Å². The van der Waals surface area contributed by atoms with Gasteiger partial charge in [0.25, 0.3) is 0 Å². The van der Waals surface area contributed by atoms with Crippen LogP contribution in [0.25, 0.3) is 0 Å². The highest BCUT2D eigenvalue weighted by Gasteiger charge is 2.32.